The second-order valence-electron chi connectivity index (χ2n) is 3.27. The third-order valence-electron chi connectivity index (χ3n) is 2.11. The molecule has 2 heterocycles. The Balaban J connectivity index is 2.68. The van der Waals surface area contributed by atoms with Crippen LogP contribution < -0.4 is 0 Å². The number of fused-ring (bicyclic) bond motifs is 1. The van der Waals surface area contributed by atoms with Crippen molar-refractivity contribution in [3.05, 3.63) is 29.7 Å². The van der Waals surface area contributed by atoms with E-state index < -0.39 is 23.0 Å². The van der Waals surface area contributed by atoms with Crippen molar-refractivity contribution in [2.75, 3.05) is 0 Å². The summed E-state index contributed by atoms with van der Waals surface area (Å²) in [5.74, 6) is -0.969. The van der Waals surface area contributed by atoms with Crippen molar-refractivity contribution < 1.29 is 22.8 Å². The van der Waals surface area contributed by atoms with Crippen molar-refractivity contribution >= 4 is 23.2 Å². The number of aromatic nitrogens is 3. The number of alkyl halides is 3. The zero-order valence-electron chi connectivity index (χ0n) is 8.60. The maximum atomic E-state index is 12.6. The van der Waals surface area contributed by atoms with E-state index in [4.69, 9.17) is 0 Å². The van der Waals surface area contributed by atoms with Gasteiger partial charge in [-0.1, -0.05) is 0 Å². The van der Waals surface area contributed by atoms with Gasteiger partial charge in [-0.15, -0.1) is 0 Å². The number of Topliss-reactive ketones (excluding diaryl/α,β-unsaturated/α-hetero) is 1. The average molecular weight is 255 g/mol. The van der Waals surface area contributed by atoms with Crippen LogP contribution in [-0.2, 0) is 11.0 Å². The highest BCUT2D eigenvalue weighted by atomic mass is 19.4. The van der Waals surface area contributed by atoms with Gasteiger partial charge in [-0.05, 0) is 6.07 Å². The van der Waals surface area contributed by atoms with Gasteiger partial charge < -0.3 is 0 Å². The van der Waals surface area contributed by atoms with E-state index in [1.807, 2.05) is 0 Å². The highest BCUT2D eigenvalue weighted by molar-refractivity contribution is 6.32. The normalized spacial score (nSPS) is 11.5. The molecule has 2 aromatic rings. The third kappa shape index (κ3) is 2.04. The molecule has 2 aromatic heterocycles. The van der Waals surface area contributed by atoms with E-state index in [-0.39, 0.29) is 17.6 Å². The molecule has 2 rings (SSSR count). The molecule has 0 aliphatic carbocycles. The van der Waals surface area contributed by atoms with Crippen LogP contribution in [0.25, 0.3) is 11.2 Å². The van der Waals surface area contributed by atoms with E-state index in [2.05, 4.69) is 15.0 Å². The lowest BCUT2D eigenvalue weighted by atomic mass is 10.2. The smallest absolute Gasteiger partial charge is 0.294 e. The summed E-state index contributed by atoms with van der Waals surface area (Å²) in [4.78, 5) is 31.9. The van der Waals surface area contributed by atoms with Gasteiger partial charge in [-0.3, -0.25) is 9.59 Å². The molecule has 0 radical (unpaired) electrons. The Morgan fingerprint density at radius 1 is 1.28 bits per heavy atom. The van der Waals surface area contributed by atoms with Crippen molar-refractivity contribution in [2.24, 2.45) is 0 Å². The first-order valence-corrected chi connectivity index (χ1v) is 4.62. The van der Waals surface area contributed by atoms with Gasteiger partial charge in [0.1, 0.15) is 11.2 Å². The number of aldehydes is 1. The number of pyridine rings is 1. The monoisotopic (exact) mass is 255 g/mol. The van der Waals surface area contributed by atoms with Gasteiger partial charge in [0, 0.05) is 6.20 Å². The van der Waals surface area contributed by atoms with Crippen molar-refractivity contribution in [2.45, 2.75) is 6.18 Å². The van der Waals surface area contributed by atoms with E-state index in [1.54, 1.807) is 0 Å². The Labute approximate surface area is 97.7 Å². The summed E-state index contributed by atoms with van der Waals surface area (Å²) in [5, 5.41) is 0. The molecule has 0 fully saturated rings. The summed E-state index contributed by atoms with van der Waals surface area (Å²) in [5.41, 5.74) is -2.14. The van der Waals surface area contributed by atoms with Crippen LogP contribution in [0.1, 0.15) is 16.1 Å². The molecule has 0 aliphatic rings. The van der Waals surface area contributed by atoms with E-state index in [9.17, 15) is 22.8 Å². The predicted octanol–water partition coefficient (Wildman–Crippen LogP) is 1.43. The van der Waals surface area contributed by atoms with E-state index in [0.29, 0.717) is 0 Å². The molecule has 0 spiro atoms. The lowest BCUT2D eigenvalue weighted by Crippen LogP contribution is -2.10. The number of ketones is 1. The first-order valence-electron chi connectivity index (χ1n) is 4.62. The van der Waals surface area contributed by atoms with Crippen LogP contribution in [0.15, 0.2) is 18.5 Å². The molecule has 0 aromatic carbocycles. The molecule has 92 valence electrons. The Kier molecular flexibility index (Phi) is 2.77. The molecular weight excluding hydrogens is 251 g/mol. The Morgan fingerprint density at radius 2 is 2.00 bits per heavy atom. The zero-order valence-corrected chi connectivity index (χ0v) is 8.60. The Morgan fingerprint density at radius 3 is 2.61 bits per heavy atom. The molecule has 8 heteroatoms. The van der Waals surface area contributed by atoms with Crippen LogP contribution in [0, 0.1) is 0 Å². The van der Waals surface area contributed by atoms with Gasteiger partial charge in [-0.25, -0.2) is 15.0 Å². The molecule has 0 unspecified atom stereocenters. The number of rotatable bonds is 2. The van der Waals surface area contributed by atoms with Crippen LogP contribution >= 0.6 is 0 Å². The number of carbonyl (C=O) groups is 2. The van der Waals surface area contributed by atoms with Gasteiger partial charge >= 0.3 is 6.18 Å². The largest absolute Gasteiger partial charge is 0.418 e. The maximum absolute atomic E-state index is 12.6. The topological polar surface area (TPSA) is 72.8 Å². The summed E-state index contributed by atoms with van der Waals surface area (Å²) in [6, 6.07) is 0.762. The molecule has 0 saturated heterocycles. The second kappa shape index (κ2) is 4.13. The van der Waals surface area contributed by atoms with E-state index in [0.717, 1.165) is 18.5 Å². The summed E-state index contributed by atoms with van der Waals surface area (Å²) in [6.45, 7) is 0. The Bertz CT molecular complexity index is 640. The fourth-order valence-corrected chi connectivity index (χ4v) is 1.33. The summed E-state index contributed by atoms with van der Waals surface area (Å²) in [7, 11) is 0. The highest BCUT2D eigenvalue weighted by Gasteiger charge is 2.33. The maximum Gasteiger partial charge on any atom is 0.418 e. The van der Waals surface area contributed by atoms with Crippen LogP contribution in [0.2, 0.25) is 0 Å². The third-order valence-corrected chi connectivity index (χ3v) is 2.11. The number of halogens is 3. The van der Waals surface area contributed by atoms with E-state index >= 15 is 0 Å². The average Bonchev–Trinajstić information content (AvgIpc) is 2.35. The molecule has 0 aliphatic heterocycles. The first kappa shape index (κ1) is 12.1. The summed E-state index contributed by atoms with van der Waals surface area (Å²) >= 11 is 0. The highest BCUT2D eigenvalue weighted by Crippen LogP contribution is 2.32. The van der Waals surface area contributed by atoms with Crippen molar-refractivity contribution in [3.8, 4) is 0 Å². The lowest BCUT2D eigenvalue weighted by Gasteiger charge is -2.08. The van der Waals surface area contributed by atoms with Gasteiger partial charge in [-0.2, -0.15) is 13.2 Å². The quantitative estimate of drug-likeness (QED) is 0.461. The minimum absolute atomic E-state index is 0.00343. The first-order chi connectivity index (χ1) is 8.43. The van der Waals surface area contributed by atoms with Gasteiger partial charge in [0.2, 0.25) is 5.78 Å². The van der Waals surface area contributed by atoms with Crippen LogP contribution in [-0.4, -0.2) is 27.0 Å². The summed E-state index contributed by atoms with van der Waals surface area (Å²) < 4.78 is 37.9. The fourth-order valence-electron chi connectivity index (χ4n) is 1.33. The minimum atomic E-state index is -4.59. The summed E-state index contributed by atoms with van der Waals surface area (Å²) in [6.07, 6.45) is -2.86. The molecule has 0 atom stereocenters. The lowest BCUT2D eigenvalue weighted by molar-refractivity contribution is -0.136. The van der Waals surface area contributed by atoms with Crippen molar-refractivity contribution in [1.29, 1.82) is 0 Å². The molecule has 0 N–H and O–H groups in total. The number of hydrogen-bond donors (Lipinski definition) is 0. The molecular formula is C10H4F3N3O2. The van der Waals surface area contributed by atoms with Crippen LogP contribution in [0.5, 0.6) is 0 Å². The molecule has 0 amide bonds. The van der Waals surface area contributed by atoms with Crippen LogP contribution in [0.3, 0.4) is 0 Å². The molecule has 5 nitrogen and oxygen atoms in total. The second-order valence-corrected chi connectivity index (χ2v) is 3.27. The van der Waals surface area contributed by atoms with Crippen molar-refractivity contribution in [3.63, 3.8) is 0 Å². The molecule has 0 saturated carbocycles. The SMILES string of the molecule is O=CC(=O)c1cnc2c(C(F)(F)F)ccnc2n1. The standard InChI is InChI=1S/C10H4F3N3O2/c11-10(12,13)5-1-2-14-9-8(5)15-3-6(16-9)7(18)4-17/h1-4H. The van der Waals surface area contributed by atoms with Crippen molar-refractivity contribution in [1.82, 2.24) is 15.0 Å². The predicted molar refractivity (Wildman–Crippen MR) is 52.7 cm³/mol. The van der Waals surface area contributed by atoms with Gasteiger partial charge in [0.15, 0.2) is 11.9 Å². The minimum Gasteiger partial charge on any atom is -0.294 e. The van der Waals surface area contributed by atoms with E-state index in [1.165, 1.54) is 0 Å². The number of nitrogens with zero attached hydrogens (tertiary/aromatic N) is 3. The van der Waals surface area contributed by atoms with Crippen LogP contribution in [0.4, 0.5) is 13.2 Å². The number of carbonyl (C=O) groups excluding carboxylic acids is 2. The van der Waals surface area contributed by atoms with Gasteiger partial charge in [0.05, 0.1) is 11.8 Å². The number of hydrogen-bond acceptors (Lipinski definition) is 5. The molecule has 0 bridgehead atoms. The fraction of sp³-hybridized carbons (Fsp3) is 0.100. The Hall–Kier alpha value is -2.38. The zero-order chi connectivity index (χ0) is 13.3. The molecule has 18 heavy (non-hydrogen) atoms. The van der Waals surface area contributed by atoms with Gasteiger partial charge in [0.25, 0.3) is 0 Å².